The Balaban J connectivity index is 1.47. The second kappa shape index (κ2) is 7.54. The number of fused-ring (bicyclic) bond motifs is 1. The molecule has 0 amide bonds. The van der Waals surface area contributed by atoms with Gasteiger partial charge in [-0.25, -0.2) is 4.98 Å². The highest BCUT2D eigenvalue weighted by atomic mass is 19.4. The van der Waals surface area contributed by atoms with Crippen molar-refractivity contribution < 1.29 is 17.9 Å². The van der Waals surface area contributed by atoms with Crippen molar-refractivity contribution in [3.05, 3.63) is 89.6 Å². The van der Waals surface area contributed by atoms with Crippen LogP contribution in [0.5, 0.6) is 5.75 Å². The third-order valence-electron chi connectivity index (χ3n) is 4.46. The number of hydrogen-bond acceptors (Lipinski definition) is 4. The van der Waals surface area contributed by atoms with E-state index in [0.29, 0.717) is 23.4 Å². The van der Waals surface area contributed by atoms with Crippen molar-refractivity contribution in [2.24, 2.45) is 0 Å². The fourth-order valence-electron chi connectivity index (χ4n) is 2.97. The summed E-state index contributed by atoms with van der Waals surface area (Å²) in [6, 6.07) is 8.02. The molecule has 4 aromatic rings. The smallest absolute Gasteiger partial charge is 0.433 e. The van der Waals surface area contributed by atoms with Gasteiger partial charge in [-0.05, 0) is 34.9 Å². The first kappa shape index (κ1) is 18.9. The average molecular weight is 397 g/mol. The Labute approximate surface area is 164 Å². The van der Waals surface area contributed by atoms with E-state index in [1.54, 1.807) is 25.9 Å². The molecule has 0 bridgehead atoms. The molecule has 29 heavy (non-hydrogen) atoms. The molecule has 0 saturated carbocycles. The first-order valence-corrected chi connectivity index (χ1v) is 8.75. The van der Waals surface area contributed by atoms with Gasteiger partial charge in [-0.15, -0.1) is 0 Å². The van der Waals surface area contributed by atoms with Gasteiger partial charge in [0.05, 0.1) is 13.3 Å². The lowest BCUT2D eigenvalue weighted by atomic mass is 10.1. The molecule has 4 heterocycles. The van der Waals surface area contributed by atoms with Crippen molar-refractivity contribution >= 4 is 11.0 Å². The molecule has 8 heteroatoms. The van der Waals surface area contributed by atoms with E-state index < -0.39 is 11.9 Å². The van der Waals surface area contributed by atoms with Gasteiger partial charge >= 0.3 is 6.18 Å². The Hall–Kier alpha value is -3.42. The first-order chi connectivity index (χ1) is 13.9. The number of nitrogens with zero attached hydrogens (tertiary/aromatic N) is 3. The molecular weight excluding hydrogens is 381 g/mol. The summed E-state index contributed by atoms with van der Waals surface area (Å²) in [6.45, 7) is 0. The molecule has 4 rings (SSSR count). The Bertz CT molecular complexity index is 1120. The first-order valence-electron chi connectivity index (χ1n) is 8.75. The second-order valence-electron chi connectivity index (χ2n) is 6.47. The molecule has 0 saturated heterocycles. The molecule has 1 N–H and O–H groups in total. The van der Waals surface area contributed by atoms with E-state index in [1.807, 2.05) is 24.4 Å². The molecule has 0 spiro atoms. The average Bonchev–Trinajstić information content (AvgIpc) is 3.11. The predicted octanol–water partition coefficient (Wildman–Crippen LogP) is 4.57. The fraction of sp³-hybridized carbons (Fsp3) is 0.143. The van der Waals surface area contributed by atoms with Crippen LogP contribution in [0.4, 0.5) is 13.2 Å². The van der Waals surface area contributed by atoms with Crippen molar-refractivity contribution in [3.8, 4) is 5.75 Å². The maximum atomic E-state index is 12.6. The van der Waals surface area contributed by atoms with Gasteiger partial charge in [0.25, 0.3) is 0 Å². The number of aromatic nitrogens is 4. The van der Waals surface area contributed by atoms with Crippen LogP contribution in [-0.4, -0.2) is 27.0 Å². The SMILES string of the molecule is COc1cnc2[nH]cc(Cc3ccc([CH]c4ccc(C(F)(F)F)nc4)nc3)c2c1. The molecule has 0 atom stereocenters. The van der Waals surface area contributed by atoms with Crippen LogP contribution in [-0.2, 0) is 12.6 Å². The van der Waals surface area contributed by atoms with E-state index in [2.05, 4.69) is 19.9 Å². The number of pyridine rings is 3. The number of halogens is 3. The molecule has 0 aromatic carbocycles. The third kappa shape index (κ3) is 4.21. The van der Waals surface area contributed by atoms with Crippen LogP contribution >= 0.6 is 0 Å². The van der Waals surface area contributed by atoms with Gasteiger partial charge in [-0.1, -0.05) is 12.1 Å². The molecule has 0 unspecified atom stereocenters. The molecule has 5 nitrogen and oxygen atoms in total. The molecular formula is C21H16F3N4O. The van der Waals surface area contributed by atoms with Crippen molar-refractivity contribution in [3.63, 3.8) is 0 Å². The number of methoxy groups -OCH3 is 1. The van der Waals surface area contributed by atoms with Gasteiger partial charge in [0.1, 0.15) is 17.1 Å². The zero-order valence-electron chi connectivity index (χ0n) is 15.4. The van der Waals surface area contributed by atoms with Crippen molar-refractivity contribution in [2.45, 2.75) is 12.6 Å². The van der Waals surface area contributed by atoms with E-state index in [9.17, 15) is 13.2 Å². The quantitative estimate of drug-likeness (QED) is 0.536. The second-order valence-corrected chi connectivity index (χ2v) is 6.47. The molecule has 147 valence electrons. The van der Waals surface area contributed by atoms with Gasteiger partial charge in [0, 0.05) is 42.5 Å². The summed E-state index contributed by atoms with van der Waals surface area (Å²) in [5.41, 5.74) is 3.12. The Morgan fingerprint density at radius 1 is 1.03 bits per heavy atom. The van der Waals surface area contributed by atoms with Gasteiger partial charge in [-0.3, -0.25) is 9.97 Å². The van der Waals surface area contributed by atoms with Gasteiger partial charge in [0.15, 0.2) is 0 Å². The monoisotopic (exact) mass is 397 g/mol. The Morgan fingerprint density at radius 2 is 1.90 bits per heavy atom. The van der Waals surface area contributed by atoms with E-state index in [4.69, 9.17) is 4.74 Å². The Morgan fingerprint density at radius 3 is 2.55 bits per heavy atom. The van der Waals surface area contributed by atoms with E-state index in [0.717, 1.165) is 28.2 Å². The van der Waals surface area contributed by atoms with Crippen LogP contribution in [0.25, 0.3) is 11.0 Å². The van der Waals surface area contributed by atoms with Crippen LogP contribution in [0, 0.1) is 6.42 Å². The van der Waals surface area contributed by atoms with E-state index in [-0.39, 0.29) is 0 Å². The molecule has 1 radical (unpaired) electrons. The maximum Gasteiger partial charge on any atom is 0.433 e. The minimum absolute atomic E-state index is 0.549. The number of ether oxygens (including phenoxy) is 1. The predicted molar refractivity (Wildman–Crippen MR) is 101 cm³/mol. The van der Waals surface area contributed by atoms with Crippen molar-refractivity contribution in [2.75, 3.05) is 7.11 Å². The van der Waals surface area contributed by atoms with Crippen molar-refractivity contribution in [1.82, 2.24) is 19.9 Å². The minimum atomic E-state index is -4.44. The van der Waals surface area contributed by atoms with Crippen LogP contribution in [0.1, 0.15) is 28.1 Å². The van der Waals surface area contributed by atoms with Gasteiger partial charge in [-0.2, -0.15) is 13.2 Å². The summed E-state index contributed by atoms with van der Waals surface area (Å²) in [5.74, 6) is 0.687. The number of alkyl halides is 3. The van der Waals surface area contributed by atoms with Crippen LogP contribution in [0.2, 0.25) is 0 Å². The summed E-state index contributed by atoms with van der Waals surface area (Å²) in [5, 5.41) is 0.982. The summed E-state index contributed by atoms with van der Waals surface area (Å²) >= 11 is 0. The molecule has 0 fully saturated rings. The number of H-pyrrole nitrogens is 1. The van der Waals surface area contributed by atoms with Crippen LogP contribution in [0.15, 0.2) is 55.1 Å². The third-order valence-corrected chi connectivity index (χ3v) is 4.46. The lowest BCUT2D eigenvalue weighted by molar-refractivity contribution is -0.141. The van der Waals surface area contributed by atoms with E-state index in [1.165, 1.54) is 12.3 Å². The lowest BCUT2D eigenvalue weighted by Crippen LogP contribution is -2.07. The standard InChI is InChI=1S/C21H16F3N4O/c1-29-17-8-18-15(11-27-20(18)28-12-17)6-13-2-4-16(25-9-13)7-14-3-5-19(26-10-14)21(22,23)24/h2-5,7-12H,6H2,1H3,(H,27,28). The summed E-state index contributed by atoms with van der Waals surface area (Å²) in [6.07, 6.45) is 4.39. The zero-order chi connectivity index (χ0) is 20.4. The Kier molecular flexibility index (Phi) is 4.92. The number of nitrogens with one attached hydrogen (secondary N) is 1. The maximum absolute atomic E-state index is 12.6. The van der Waals surface area contributed by atoms with Gasteiger partial charge in [0.2, 0.25) is 0 Å². The molecule has 0 aliphatic rings. The highest BCUT2D eigenvalue weighted by Gasteiger charge is 2.31. The normalized spacial score (nSPS) is 11.7. The van der Waals surface area contributed by atoms with Gasteiger partial charge < -0.3 is 9.72 Å². The zero-order valence-corrected chi connectivity index (χ0v) is 15.4. The number of rotatable bonds is 5. The number of hydrogen-bond donors (Lipinski definition) is 1. The minimum Gasteiger partial charge on any atom is -0.495 e. The summed E-state index contributed by atoms with van der Waals surface area (Å²) in [7, 11) is 1.60. The van der Waals surface area contributed by atoms with E-state index >= 15 is 0 Å². The topological polar surface area (TPSA) is 63.7 Å². The van der Waals surface area contributed by atoms with Crippen LogP contribution < -0.4 is 4.74 Å². The highest BCUT2D eigenvalue weighted by Crippen LogP contribution is 2.27. The molecule has 0 aliphatic carbocycles. The fourth-order valence-corrected chi connectivity index (χ4v) is 2.97. The van der Waals surface area contributed by atoms with Crippen LogP contribution in [0.3, 0.4) is 0 Å². The number of aromatic amines is 1. The lowest BCUT2D eigenvalue weighted by Gasteiger charge is -2.07. The highest BCUT2D eigenvalue weighted by molar-refractivity contribution is 5.81. The summed E-state index contributed by atoms with van der Waals surface area (Å²) < 4.78 is 43.0. The summed E-state index contributed by atoms with van der Waals surface area (Å²) in [4.78, 5) is 15.3. The molecule has 4 aromatic heterocycles. The molecule has 0 aliphatic heterocycles. The largest absolute Gasteiger partial charge is 0.495 e. The van der Waals surface area contributed by atoms with Crippen molar-refractivity contribution in [1.29, 1.82) is 0 Å².